The normalized spacial score (nSPS) is 12.6. The Balaban J connectivity index is 1.27. The molecule has 0 saturated heterocycles. The van der Waals surface area contributed by atoms with E-state index in [2.05, 4.69) is 28.7 Å². The third-order valence-electron chi connectivity index (χ3n) is 6.80. The Hall–Kier alpha value is -2.31. The van der Waals surface area contributed by atoms with Crippen molar-refractivity contribution in [2.24, 2.45) is 0 Å². The minimum Gasteiger partial charge on any atom is -0.492 e. The van der Waals surface area contributed by atoms with Gasteiger partial charge in [-0.3, -0.25) is 4.79 Å². The van der Waals surface area contributed by atoms with Crippen LogP contribution < -0.4 is 14.8 Å². The number of benzene rings is 2. The van der Waals surface area contributed by atoms with Crippen LogP contribution in [0.3, 0.4) is 0 Å². The second-order valence-electron chi connectivity index (χ2n) is 10.2. The zero-order chi connectivity index (χ0) is 27.5. The van der Waals surface area contributed by atoms with Gasteiger partial charge in [-0.2, -0.15) is 0 Å². The number of carbonyl (C=O) groups is 1. The van der Waals surface area contributed by atoms with Crippen LogP contribution in [-0.2, 0) is 11.3 Å². The summed E-state index contributed by atoms with van der Waals surface area (Å²) in [6.45, 7) is 3.58. The maximum absolute atomic E-state index is 12.6. The Bertz CT molecular complexity index is 1020. The number of amides is 1. The molecule has 1 N–H and O–H groups in total. The lowest BCUT2D eigenvalue weighted by Crippen LogP contribution is -2.22. The Morgan fingerprint density at radius 3 is 2.28 bits per heavy atom. The molecule has 0 radical (unpaired) electrons. The Morgan fingerprint density at radius 2 is 1.62 bits per heavy atom. The summed E-state index contributed by atoms with van der Waals surface area (Å²) in [5.41, 5.74) is 1.87. The van der Waals surface area contributed by atoms with E-state index in [-0.39, 0.29) is 12.5 Å². The first kappa shape index (κ1) is 31.2. The number of hydrogen-bond donors (Lipinski definition) is 1. The van der Waals surface area contributed by atoms with Crippen molar-refractivity contribution >= 4 is 35.0 Å². The molecule has 2 aromatic rings. The van der Waals surface area contributed by atoms with Crippen molar-refractivity contribution < 1.29 is 14.3 Å². The van der Waals surface area contributed by atoms with E-state index in [1.54, 1.807) is 23.9 Å². The van der Waals surface area contributed by atoms with Crippen molar-refractivity contribution in [1.82, 2.24) is 4.90 Å². The second kappa shape index (κ2) is 18.9. The standard InChI is InChI=1S/C32H45ClN2O3S/c1-2-3-4-5-6-7-8-9-10-11-12-15-21-37-31-19-18-28(23-29(31)33)38-25-32(36)34-30-17-14-13-16-27(30)24-35-20-22-39-26-35/h13-14,16-20,22-23H,2-12,15,21,24-26H2,1H3,(H,34,36). The van der Waals surface area contributed by atoms with Gasteiger partial charge >= 0.3 is 0 Å². The van der Waals surface area contributed by atoms with Crippen molar-refractivity contribution in [1.29, 1.82) is 0 Å². The van der Waals surface area contributed by atoms with Crippen LogP contribution >= 0.6 is 23.4 Å². The molecule has 3 rings (SSSR count). The molecule has 0 aliphatic carbocycles. The summed E-state index contributed by atoms with van der Waals surface area (Å²) < 4.78 is 11.6. The fourth-order valence-corrected chi connectivity index (χ4v) is 5.50. The van der Waals surface area contributed by atoms with Gasteiger partial charge in [-0.15, -0.1) is 11.8 Å². The lowest BCUT2D eigenvalue weighted by atomic mass is 10.1. The number of rotatable bonds is 20. The van der Waals surface area contributed by atoms with Gasteiger partial charge in [-0.05, 0) is 35.6 Å². The van der Waals surface area contributed by atoms with Crippen molar-refractivity contribution in [2.75, 3.05) is 24.4 Å². The summed E-state index contributed by atoms with van der Waals surface area (Å²) in [6.07, 6.45) is 17.9. The number of nitrogens with one attached hydrogen (secondary N) is 1. The molecule has 1 aliphatic heterocycles. The van der Waals surface area contributed by atoms with Crippen LogP contribution in [0.25, 0.3) is 0 Å². The van der Waals surface area contributed by atoms with Gasteiger partial charge in [0, 0.05) is 24.5 Å². The number of para-hydroxylation sites is 1. The van der Waals surface area contributed by atoms with Crippen LogP contribution in [0.1, 0.15) is 89.5 Å². The maximum atomic E-state index is 12.6. The zero-order valence-corrected chi connectivity index (χ0v) is 25.0. The predicted octanol–water partition coefficient (Wildman–Crippen LogP) is 9.41. The molecule has 1 amide bonds. The highest BCUT2D eigenvalue weighted by Gasteiger charge is 2.12. The minimum atomic E-state index is -0.211. The average molecular weight is 573 g/mol. The largest absolute Gasteiger partial charge is 0.492 e. The Kier molecular flexibility index (Phi) is 15.1. The molecule has 0 spiro atoms. The lowest BCUT2D eigenvalue weighted by molar-refractivity contribution is -0.118. The molecule has 1 aliphatic rings. The molecule has 0 bridgehead atoms. The number of hydrogen-bond acceptors (Lipinski definition) is 5. The molecule has 7 heteroatoms. The third kappa shape index (κ3) is 12.6. The summed E-state index contributed by atoms with van der Waals surface area (Å²) in [5, 5.41) is 5.54. The molecule has 39 heavy (non-hydrogen) atoms. The fourth-order valence-electron chi connectivity index (χ4n) is 4.56. The lowest BCUT2D eigenvalue weighted by Gasteiger charge is -2.18. The molecule has 2 aromatic carbocycles. The monoisotopic (exact) mass is 572 g/mol. The van der Waals surface area contributed by atoms with Gasteiger partial charge in [0.05, 0.1) is 17.5 Å². The third-order valence-corrected chi connectivity index (χ3v) is 7.89. The van der Waals surface area contributed by atoms with Crippen LogP contribution in [0.4, 0.5) is 5.69 Å². The van der Waals surface area contributed by atoms with Crippen molar-refractivity contribution in [2.45, 2.75) is 90.5 Å². The van der Waals surface area contributed by atoms with Crippen LogP contribution in [-0.4, -0.2) is 29.9 Å². The smallest absolute Gasteiger partial charge is 0.262 e. The second-order valence-corrected chi connectivity index (χ2v) is 11.4. The Morgan fingerprint density at radius 1 is 0.923 bits per heavy atom. The molecule has 214 valence electrons. The van der Waals surface area contributed by atoms with Crippen LogP contribution in [0.2, 0.25) is 5.02 Å². The maximum Gasteiger partial charge on any atom is 0.262 e. The molecule has 0 unspecified atom stereocenters. The van der Waals surface area contributed by atoms with Gasteiger partial charge in [0.25, 0.3) is 5.91 Å². The topological polar surface area (TPSA) is 50.8 Å². The van der Waals surface area contributed by atoms with Gasteiger partial charge in [0.15, 0.2) is 6.61 Å². The molecular weight excluding hydrogens is 528 g/mol. The highest BCUT2D eigenvalue weighted by atomic mass is 35.5. The van der Waals surface area contributed by atoms with E-state index in [0.717, 1.165) is 30.1 Å². The van der Waals surface area contributed by atoms with E-state index in [1.165, 1.54) is 70.6 Å². The molecule has 1 heterocycles. The van der Waals surface area contributed by atoms with Crippen LogP contribution in [0.5, 0.6) is 11.5 Å². The predicted molar refractivity (Wildman–Crippen MR) is 166 cm³/mol. The number of unbranched alkanes of at least 4 members (excludes halogenated alkanes) is 11. The molecule has 5 nitrogen and oxygen atoms in total. The first-order valence-corrected chi connectivity index (χ1v) is 16.0. The minimum absolute atomic E-state index is 0.0941. The summed E-state index contributed by atoms with van der Waals surface area (Å²) in [5.74, 6) is 1.91. The van der Waals surface area contributed by atoms with Gasteiger partial charge < -0.3 is 19.7 Å². The Labute approximate surface area is 244 Å². The van der Waals surface area contributed by atoms with Crippen molar-refractivity contribution in [3.8, 4) is 11.5 Å². The summed E-state index contributed by atoms with van der Waals surface area (Å²) >= 11 is 8.17. The van der Waals surface area contributed by atoms with Gasteiger partial charge in [0.2, 0.25) is 0 Å². The van der Waals surface area contributed by atoms with E-state index in [4.69, 9.17) is 21.1 Å². The van der Waals surface area contributed by atoms with E-state index in [0.29, 0.717) is 23.1 Å². The molecule has 0 atom stereocenters. The van der Waals surface area contributed by atoms with Gasteiger partial charge in [0.1, 0.15) is 11.5 Å². The summed E-state index contributed by atoms with van der Waals surface area (Å²) in [7, 11) is 0. The van der Waals surface area contributed by atoms with Crippen LogP contribution in [0.15, 0.2) is 54.1 Å². The van der Waals surface area contributed by atoms with Crippen LogP contribution in [0, 0.1) is 0 Å². The van der Waals surface area contributed by atoms with Crippen molar-refractivity contribution in [3.63, 3.8) is 0 Å². The van der Waals surface area contributed by atoms with Crippen molar-refractivity contribution in [3.05, 3.63) is 64.7 Å². The van der Waals surface area contributed by atoms with Gasteiger partial charge in [-0.25, -0.2) is 0 Å². The first-order chi connectivity index (χ1) is 19.2. The SMILES string of the molecule is CCCCCCCCCCCCCCOc1ccc(OCC(=O)Nc2ccccc2CN2C=CSC2)cc1Cl. The van der Waals surface area contributed by atoms with E-state index in [1.807, 2.05) is 30.3 Å². The number of nitrogens with zero attached hydrogens (tertiary/aromatic N) is 1. The van der Waals surface area contributed by atoms with E-state index in [9.17, 15) is 4.79 Å². The summed E-state index contributed by atoms with van der Waals surface area (Å²) in [4.78, 5) is 14.8. The highest BCUT2D eigenvalue weighted by molar-refractivity contribution is 8.02. The quantitative estimate of drug-likeness (QED) is 0.160. The van der Waals surface area contributed by atoms with E-state index >= 15 is 0 Å². The molecular formula is C32H45ClN2O3S. The molecule has 0 saturated carbocycles. The number of thioether (sulfide) groups is 1. The first-order valence-electron chi connectivity index (χ1n) is 14.6. The number of carbonyl (C=O) groups excluding carboxylic acids is 1. The highest BCUT2D eigenvalue weighted by Crippen LogP contribution is 2.29. The average Bonchev–Trinajstić information content (AvgIpc) is 3.45. The molecule has 0 aromatic heterocycles. The fraction of sp³-hybridized carbons (Fsp3) is 0.531. The number of ether oxygens (including phenoxy) is 2. The number of halogens is 1. The zero-order valence-electron chi connectivity index (χ0n) is 23.5. The summed E-state index contributed by atoms with van der Waals surface area (Å²) in [6, 6.07) is 13.2. The van der Waals surface area contributed by atoms with E-state index < -0.39 is 0 Å². The van der Waals surface area contributed by atoms with Gasteiger partial charge in [-0.1, -0.05) is 107 Å². The molecule has 0 fully saturated rings. The number of anilines is 1.